The van der Waals surface area contributed by atoms with Crippen molar-refractivity contribution in [3.8, 4) is 5.75 Å². The van der Waals surface area contributed by atoms with Crippen molar-refractivity contribution < 1.29 is 9.53 Å². The molecule has 2 rings (SSSR count). The second-order valence-corrected chi connectivity index (χ2v) is 4.21. The summed E-state index contributed by atoms with van der Waals surface area (Å²) in [6, 6.07) is 9.63. The Bertz CT molecular complexity index is 348. The third kappa shape index (κ3) is 4.07. The van der Waals surface area contributed by atoms with E-state index < -0.39 is 0 Å². The smallest absolute Gasteiger partial charge is 0.410 e. The fourth-order valence-electron chi connectivity index (χ4n) is 1.98. The van der Waals surface area contributed by atoms with Crippen molar-refractivity contribution >= 4 is 6.09 Å². The Morgan fingerprint density at radius 3 is 2.94 bits per heavy atom. The number of hydrogen-bond donors (Lipinski definition) is 2. The van der Waals surface area contributed by atoms with Gasteiger partial charge in [0.05, 0.1) is 0 Å². The Hall–Kier alpha value is -1.55. The molecule has 0 aromatic heterocycles. The predicted molar refractivity (Wildman–Crippen MR) is 66.1 cm³/mol. The van der Waals surface area contributed by atoms with E-state index in [9.17, 15) is 4.79 Å². The first-order chi connectivity index (χ1) is 8.34. The molecule has 4 heteroatoms. The van der Waals surface area contributed by atoms with Gasteiger partial charge in [0.2, 0.25) is 0 Å². The molecule has 0 spiro atoms. The van der Waals surface area contributed by atoms with Crippen LogP contribution in [-0.4, -0.2) is 25.2 Å². The molecule has 0 saturated carbocycles. The molecule has 17 heavy (non-hydrogen) atoms. The van der Waals surface area contributed by atoms with Gasteiger partial charge in [0, 0.05) is 12.6 Å². The van der Waals surface area contributed by atoms with Crippen LogP contribution in [0.2, 0.25) is 0 Å². The second kappa shape index (κ2) is 6.25. The van der Waals surface area contributed by atoms with Gasteiger partial charge < -0.3 is 15.4 Å². The molecule has 1 heterocycles. The molecule has 1 saturated heterocycles. The van der Waals surface area contributed by atoms with Crippen LogP contribution in [0.1, 0.15) is 19.3 Å². The summed E-state index contributed by atoms with van der Waals surface area (Å²) in [5.74, 6) is 0.573. The largest absolute Gasteiger partial charge is 0.412 e. The Morgan fingerprint density at radius 2 is 2.24 bits per heavy atom. The highest BCUT2D eigenvalue weighted by Gasteiger charge is 2.13. The molecule has 0 aliphatic carbocycles. The molecule has 1 aromatic rings. The van der Waals surface area contributed by atoms with Crippen LogP contribution in [0.4, 0.5) is 4.79 Å². The van der Waals surface area contributed by atoms with E-state index >= 15 is 0 Å². The number of amides is 1. The average molecular weight is 234 g/mol. The van der Waals surface area contributed by atoms with E-state index in [1.54, 1.807) is 12.1 Å². The van der Waals surface area contributed by atoms with Gasteiger partial charge in [-0.1, -0.05) is 18.2 Å². The first-order valence-corrected chi connectivity index (χ1v) is 6.09. The van der Waals surface area contributed by atoms with E-state index in [4.69, 9.17) is 4.74 Å². The zero-order valence-electron chi connectivity index (χ0n) is 9.82. The van der Waals surface area contributed by atoms with E-state index in [2.05, 4.69) is 10.6 Å². The zero-order chi connectivity index (χ0) is 11.9. The van der Waals surface area contributed by atoms with Crippen molar-refractivity contribution in [1.29, 1.82) is 0 Å². The van der Waals surface area contributed by atoms with Gasteiger partial charge in [-0.15, -0.1) is 0 Å². The summed E-state index contributed by atoms with van der Waals surface area (Å²) in [5.41, 5.74) is 0. The van der Waals surface area contributed by atoms with Crippen LogP contribution in [0.25, 0.3) is 0 Å². The Kier molecular flexibility index (Phi) is 4.38. The van der Waals surface area contributed by atoms with Gasteiger partial charge in [-0.25, -0.2) is 4.79 Å². The van der Waals surface area contributed by atoms with Crippen molar-refractivity contribution in [2.45, 2.75) is 25.3 Å². The third-order valence-corrected chi connectivity index (χ3v) is 2.88. The van der Waals surface area contributed by atoms with E-state index in [0.29, 0.717) is 18.3 Å². The summed E-state index contributed by atoms with van der Waals surface area (Å²) < 4.78 is 5.11. The quantitative estimate of drug-likeness (QED) is 0.836. The lowest BCUT2D eigenvalue weighted by Crippen LogP contribution is -2.32. The van der Waals surface area contributed by atoms with E-state index in [0.717, 1.165) is 13.0 Å². The highest BCUT2D eigenvalue weighted by atomic mass is 16.5. The van der Waals surface area contributed by atoms with Crippen molar-refractivity contribution in [3.05, 3.63) is 30.3 Å². The fourth-order valence-corrected chi connectivity index (χ4v) is 1.98. The topological polar surface area (TPSA) is 50.4 Å². The van der Waals surface area contributed by atoms with Gasteiger partial charge in [0.15, 0.2) is 0 Å². The summed E-state index contributed by atoms with van der Waals surface area (Å²) in [5, 5.41) is 6.14. The second-order valence-electron chi connectivity index (χ2n) is 4.21. The lowest BCUT2D eigenvalue weighted by atomic mass is 10.2. The summed E-state index contributed by atoms with van der Waals surface area (Å²) in [6.07, 6.45) is 3.02. The van der Waals surface area contributed by atoms with Crippen molar-refractivity contribution in [2.24, 2.45) is 0 Å². The summed E-state index contributed by atoms with van der Waals surface area (Å²) in [4.78, 5) is 11.4. The van der Waals surface area contributed by atoms with Gasteiger partial charge in [0.25, 0.3) is 0 Å². The number of carbonyl (C=O) groups excluding carboxylic acids is 1. The Balaban J connectivity index is 1.64. The standard InChI is InChI=1S/C13H18N2O2/c16-13(17-12-6-2-1-3-7-12)15-10-8-11-5-4-9-14-11/h1-3,6-7,11,14H,4-5,8-10H2,(H,15,16)/t11-/m0/s1. The number of hydrogen-bond acceptors (Lipinski definition) is 3. The van der Waals surface area contributed by atoms with Crippen LogP contribution in [0.15, 0.2) is 30.3 Å². The lowest BCUT2D eigenvalue weighted by Gasteiger charge is -2.10. The van der Waals surface area contributed by atoms with Crippen molar-refractivity contribution in [2.75, 3.05) is 13.1 Å². The van der Waals surface area contributed by atoms with Crippen LogP contribution < -0.4 is 15.4 Å². The number of carbonyl (C=O) groups is 1. The number of rotatable bonds is 4. The Morgan fingerprint density at radius 1 is 1.41 bits per heavy atom. The van der Waals surface area contributed by atoms with Crippen LogP contribution in [0, 0.1) is 0 Å². The minimum absolute atomic E-state index is 0.380. The molecule has 1 aliphatic rings. The Labute approximate surface area is 101 Å². The summed E-state index contributed by atoms with van der Waals surface area (Å²) in [6.45, 7) is 1.75. The molecule has 2 N–H and O–H groups in total. The van der Waals surface area contributed by atoms with Gasteiger partial charge in [-0.3, -0.25) is 0 Å². The van der Waals surface area contributed by atoms with Crippen LogP contribution in [-0.2, 0) is 0 Å². The third-order valence-electron chi connectivity index (χ3n) is 2.88. The summed E-state index contributed by atoms with van der Waals surface area (Å²) >= 11 is 0. The maximum Gasteiger partial charge on any atom is 0.412 e. The van der Waals surface area contributed by atoms with Gasteiger partial charge in [-0.05, 0) is 37.9 Å². The molecule has 1 fully saturated rings. The molecule has 92 valence electrons. The normalized spacial score (nSPS) is 18.9. The molecule has 1 aromatic carbocycles. The number of para-hydroxylation sites is 1. The minimum atomic E-state index is -0.380. The van der Waals surface area contributed by atoms with Gasteiger partial charge in [0.1, 0.15) is 5.75 Å². The average Bonchev–Trinajstić information content (AvgIpc) is 2.83. The van der Waals surface area contributed by atoms with Crippen LogP contribution in [0.3, 0.4) is 0 Å². The first kappa shape index (κ1) is 11.9. The SMILES string of the molecule is O=C(NCC[C@@H]1CCCN1)Oc1ccccc1. The molecule has 1 aliphatic heterocycles. The lowest BCUT2D eigenvalue weighted by molar-refractivity contribution is 0.200. The first-order valence-electron chi connectivity index (χ1n) is 6.09. The molecule has 0 radical (unpaired) electrons. The predicted octanol–water partition coefficient (Wildman–Crippen LogP) is 1.92. The molecular formula is C13H18N2O2. The monoisotopic (exact) mass is 234 g/mol. The van der Waals surface area contributed by atoms with Gasteiger partial charge >= 0.3 is 6.09 Å². The minimum Gasteiger partial charge on any atom is -0.410 e. The number of ether oxygens (including phenoxy) is 1. The van der Waals surface area contributed by atoms with Crippen LogP contribution >= 0.6 is 0 Å². The number of nitrogens with one attached hydrogen (secondary N) is 2. The van der Waals surface area contributed by atoms with Gasteiger partial charge in [-0.2, -0.15) is 0 Å². The van der Waals surface area contributed by atoms with E-state index in [1.165, 1.54) is 12.8 Å². The molecule has 4 nitrogen and oxygen atoms in total. The van der Waals surface area contributed by atoms with E-state index in [1.807, 2.05) is 18.2 Å². The highest BCUT2D eigenvalue weighted by molar-refractivity contribution is 5.70. The summed E-state index contributed by atoms with van der Waals surface area (Å²) in [7, 11) is 0. The molecule has 0 unspecified atom stereocenters. The molecule has 1 atom stereocenters. The maximum absolute atomic E-state index is 11.4. The van der Waals surface area contributed by atoms with Crippen molar-refractivity contribution in [3.63, 3.8) is 0 Å². The van der Waals surface area contributed by atoms with Crippen LogP contribution in [0.5, 0.6) is 5.75 Å². The van der Waals surface area contributed by atoms with E-state index in [-0.39, 0.29) is 6.09 Å². The fraction of sp³-hybridized carbons (Fsp3) is 0.462. The highest BCUT2D eigenvalue weighted by Crippen LogP contribution is 2.09. The molecule has 1 amide bonds. The van der Waals surface area contributed by atoms with Crippen molar-refractivity contribution in [1.82, 2.24) is 10.6 Å². The zero-order valence-corrected chi connectivity index (χ0v) is 9.82. The molecular weight excluding hydrogens is 216 g/mol. The number of benzene rings is 1. The molecule has 0 bridgehead atoms. The maximum atomic E-state index is 11.4.